The molecule has 4 heterocycles. The molecule has 2 atom stereocenters. The molecule has 4 amide bonds. The Morgan fingerprint density at radius 2 is 1.56 bits per heavy atom. The number of hydrogen-bond acceptors (Lipinski definition) is 5. The van der Waals surface area contributed by atoms with Gasteiger partial charge in [0.15, 0.2) is 0 Å². The molecule has 3 aliphatic heterocycles. The number of urea groups is 1. The van der Waals surface area contributed by atoms with E-state index in [-0.39, 0.29) is 30.4 Å². The summed E-state index contributed by atoms with van der Waals surface area (Å²) >= 11 is 0. The molecule has 1 aromatic carbocycles. The van der Waals surface area contributed by atoms with Crippen molar-refractivity contribution in [2.75, 3.05) is 33.7 Å². The number of carbonyl (C=O) groups is 3. The summed E-state index contributed by atoms with van der Waals surface area (Å²) in [6.45, 7) is 6.50. The van der Waals surface area contributed by atoms with Crippen LogP contribution in [0.3, 0.4) is 0 Å². The van der Waals surface area contributed by atoms with Crippen LogP contribution in [0.4, 0.5) is 4.79 Å². The maximum absolute atomic E-state index is 13.7. The van der Waals surface area contributed by atoms with Gasteiger partial charge < -0.3 is 9.47 Å². The van der Waals surface area contributed by atoms with Gasteiger partial charge in [-0.15, -0.1) is 0 Å². The Balaban J connectivity index is 1.49. The second-order valence-corrected chi connectivity index (χ2v) is 11.1. The third-order valence-corrected chi connectivity index (χ3v) is 8.20. The van der Waals surface area contributed by atoms with Crippen LogP contribution in [0.1, 0.15) is 48.9 Å². The highest BCUT2D eigenvalue weighted by Crippen LogP contribution is 2.39. The van der Waals surface area contributed by atoms with Gasteiger partial charge in [-0.3, -0.25) is 24.2 Å². The lowest BCUT2D eigenvalue weighted by Crippen LogP contribution is -2.67. The first kappa shape index (κ1) is 24.4. The largest absolute Gasteiger partial charge is 0.332 e. The molecule has 0 N–H and O–H groups in total. The third-order valence-electron chi connectivity index (χ3n) is 8.20. The van der Waals surface area contributed by atoms with Gasteiger partial charge in [-0.1, -0.05) is 44.2 Å². The summed E-state index contributed by atoms with van der Waals surface area (Å²) in [6, 6.07) is 12.9. The molecular formula is C28H34N4O4. The highest BCUT2D eigenvalue weighted by molar-refractivity contribution is 6.19. The molecule has 1 aromatic heterocycles. The summed E-state index contributed by atoms with van der Waals surface area (Å²) in [4.78, 5) is 56.9. The number of benzene rings is 1. The second kappa shape index (κ2) is 9.00. The predicted molar refractivity (Wildman–Crippen MR) is 136 cm³/mol. The van der Waals surface area contributed by atoms with Crippen LogP contribution in [0.2, 0.25) is 0 Å². The summed E-state index contributed by atoms with van der Waals surface area (Å²) in [5, 5.41) is 0. The van der Waals surface area contributed by atoms with Crippen molar-refractivity contribution >= 4 is 17.8 Å². The summed E-state index contributed by atoms with van der Waals surface area (Å²) in [6.07, 6.45) is 1.22. The highest BCUT2D eigenvalue weighted by Gasteiger charge is 2.56. The molecule has 0 saturated carbocycles. The first-order valence-electron chi connectivity index (χ1n) is 12.7. The standard InChI is InChI=1S/C28H34N4O4/c1-18(2)21-10-8-19(9-11-21)13-28(25(34)29(3)27(36)30(4)26(28)35)17-31-14-20-12-22(16-31)23-6-5-7-24(33)32(23)15-20/h5-11,18,20,22H,12-17H2,1-4H3/t20-,22-/m0/s1. The van der Waals surface area contributed by atoms with E-state index >= 15 is 0 Å². The molecule has 8 nitrogen and oxygen atoms in total. The number of nitrogens with zero attached hydrogens (tertiary/aromatic N) is 4. The molecule has 8 heteroatoms. The molecule has 190 valence electrons. The predicted octanol–water partition coefficient (Wildman–Crippen LogP) is 2.67. The number of rotatable bonds is 5. The number of hydrogen-bond donors (Lipinski definition) is 0. The van der Waals surface area contributed by atoms with Gasteiger partial charge in [0.1, 0.15) is 5.41 Å². The lowest BCUT2D eigenvalue weighted by molar-refractivity contribution is -0.159. The van der Waals surface area contributed by atoms with Gasteiger partial charge in [0.05, 0.1) is 0 Å². The maximum atomic E-state index is 13.7. The van der Waals surface area contributed by atoms with E-state index in [0.717, 1.165) is 27.5 Å². The van der Waals surface area contributed by atoms with Crippen molar-refractivity contribution in [3.8, 4) is 0 Å². The van der Waals surface area contributed by atoms with E-state index in [1.807, 2.05) is 34.9 Å². The van der Waals surface area contributed by atoms with Gasteiger partial charge >= 0.3 is 6.03 Å². The monoisotopic (exact) mass is 490 g/mol. The van der Waals surface area contributed by atoms with Gasteiger partial charge in [0, 0.05) is 58.0 Å². The number of aromatic nitrogens is 1. The zero-order chi connectivity index (χ0) is 25.8. The fourth-order valence-corrected chi connectivity index (χ4v) is 6.35. The van der Waals surface area contributed by atoms with E-state index in [1.165, 1.54) is 19.7 Å². The Morgan fingerprint density at radius 3 is 2.19 bits per heavy atom. The Hall–Kier alpha value is -3.26. The number of imide groups is 2. The molecular weight excluding hydrogens is 456 g/mol. The number of carbonyl (C=O) groups excluding carboxylic acids is 3. The molecule has 0 spiro atoms. The summed E-state index contributed by atoms with van der Waals surface area (Å²) in [5.41, 5.74) is 1.74. The van der Waals surface area contributed by atoms with Crippen LogP contribution in [0.5, 0.6) is 0 Å². The first-order valence-corrected chi connectivity index (χ1v) is 12.7. The zero-order valence-corrected chi connectivity index (χ0v) is 21.4. The summed E-state index contributed by atoms with van der Waals surface area (Å²) in [5.74, 6) is -0.0833. The number of barbiturate groups is 1. The smallest absolute Gasteiger partial charge is 0.312 e. The average Bonchev–Trinajstić information content (AvgIpc) is 2.86. The van der Waals surface area contributed by atoms with Gasteiger partial charge in [-0.25, -0.2) is 4.79 Å². The van der Waals surface area contributed by atoms with Gasteiger partial charge in [0.25, 0.3) is 5.56 Å². The number of fused-ring (bicyclic) bond motifs is 4. The van der Waals surface area contributed by atoms with Crippen LogP contribution < -0.4 is 5.56 Å². The lowest BCUT2D eigenvalue weighted by Gasteiger charge is -2.48. The highest BCUT2D eigenvalue weighted by atomic mass is 16.2. The summed E-state index contributed by atoms with van der Waals surface area (Å²) < 4.78 is 1.87. The van der Waals surface area contributed by atoms with E-state index < -0.39 is 23.3 Å². The Labute approximate surface area is 211 Å². The number of piperidine rings is 1. The minimum Gasteiger partial charge on any atom is -0.312 e. The van der Waals surface area contributed by atoms with Crippen LogP contribution in [0, 0.1) is 11.3 Å². The van der Waals surface area contributed by atoms with E-state index in [0.29, 0.717) is 25.6 Å². The van der Waals surface area contributed by atoms with E-state index in [9.17, 15) is 19.2 Å². The van der Waals surface area contributed by atoms with Crippen molar-refractivity contribution in [1.29, 1.82) is 0 Å². The van der Waals surface area contributed by atoms with Crippen molar-refractivity contribution in [3.63, 3.8) is 0 Å². The first-order chi connectivity index (χ1) is 17.1. The van der Waals surface area contributed by atoms with Crippen molar-refractivity contribution in [3.05, 3.63) is 69.6 Å². The maximum Gasteiger partial charge on any atom is 0.332 e. The molecule has 0 unspecified atom stereocenters. The van der Waals surface area contributed by atoms with Crippen molar-refractivity contribution in [2.45, 2.75) is 45.1 Å². The number of amides is 4. The van der Waals surface area contributed by atoms with Crippen molar-refractivity contribution in [1.82, 2.24) is 19.3 Å². The SMILES string of the molecule is CC(C)c1ccc(CC2(CN3C[C@@H]4C[C@@H](C3)c3cccc(=O)n3C4)C(=O)N(C)C(=O)N(C)C2=O)cc1. The molecule has 36 heavy (non-hydrogen) atoms. The fraction of sp³-hybridized carbons (Fsp3) is 0.500. The molecule has 5 rings (SSSR count). The Morgan fingerprint density at radius 1 is 0.889 bits per heavy atom. The minimum atomic E-state index is -1.39. The lowest BCUT2D eigenvalue weighted by atomic mass is 9.75. The van der Waals surface area contributed by atoms with Gasteiger partial charge in [-0.2, -0.15) is 0 Å². The quantitative estimate of drug-likeness (QED) is 0.602. The van der Waals surface area contributed by atoms with E-state index in [2.05, 4.69) is 18.7 Å². The van der Waals surface area contributed by atoms with Crippen LogP contribution >= 0.6 is 0 Å². The normalized spacial score (nSPS) is 23.9. The topological polar surface area (TPSA) is 82.9 Å². The van der Waals surface area contributed by atoms with E-state index in [4.69, 9.17) is 0 Å². The van der Waals surface area contributed by atoms with Crippen LogP contribution in [0.25, 0.3) is 0 Å². The number of likely N-dealkylation sites (tertiary alicyclic amines) is 1. The molecule has 2 aromatic rings. The fourth-order valence-electron chi connectivity index (χ4n) is 6.35. The molecule has 0 aliphatic carbocycles. The molecule has 2 fully saturated rings. The van der Waals surface area contributed by atoms with Crippen molar-refractivity contribution in [2.24, 2.45) is 11.3 Å². The second-order valence-electron chi connectivity index (χ2n) is 11.1. The van der Waals surface area contributed by atoms with Crippen molar-refractivity contribution < 1.29 is 14.4 Å². The van der Waals surface area contributed by atoms with Gasteiger partial charge in [-0.05, 0) is 41.9 Å². The zero-order valence-electron chi connectivity index (χ0n) is 21.4. The Bertz CT molecular complexity index is 1240. The van der Waals surface area contributed by atoms with Crippen LogP contribution in [-0.4, -0.2) is 70.8 Å². The average molecular weight is 491 g/mol. The minimum absolute atomic E-state index is 0.0244. The number of pyridine rings is 1. The van der Waals surface area contributed by atoms with Crippen LogP contribution in [-0.2, 0) is 22.6 Å². The summed E-state index contributed by atoms with van der Waals surface area (Å²) in [7, 11) is 2.91. The Kier molecular flexibility index (Phi) is 6.11. The molecule has 0 radical (unpaired) electrons. The van der Waals surface area contributed by atoms with E-state index in [1.54, 1.807) is 12.1 Å². The molecule has 2 bridgehead atoms. The molecule has 2 saturated heterocycles. The van der Waals surface area contributed by atoms with Crippen LogP contribution in [0.15, 0.2) is 47.3 Å². The molecule has 3 aliphatic rings. The third kappa shape index (κ3) is 3.97. The van der Waals surface area contributed by atoms with Gasteiger partial charge in [0.2, 0.25) is 11.8 Å².